The third kappa shape index (κ3) is 7.34. The van der Waals surface area contributed by atoms with E-state index in [-0.39, 0.29) is 12.3 Å². The fourth-order valence-electron chi connectivity index (χ4n) is 1.11. The van der Waals surface area contributed by atoms with E-state index in [0.29, 0.717) is 24.6 Å². The number of carbonyl (C=O) groups is 2. The highest BCUT2D eigenvalue weighted by atomic mass is 32.2. The second-order valence-corrected chi connectivity index (χ2v) is 4.67. The molecule has 0 saturated heterocycles. The van der Waals surface area contributed by atoms with Crippen LogP contribution >= 0.6 is 11.8 Å². The number of carboxylic acids is 1. The Kier molecular flexibility index (Phi) is 7.72. The van der Waals surface area contributed by atoms with Gasteiger partial charge in [0.05, 0.1) is 12.2 Å². The van der Waals surface area contributed by atoms with Gasteiger partial charge in [0.2, 0.25) is 5.91 Å². The number of thioether (sulfide) groups is 1. The van der Waals surface area contributed by atoms with Gasteiger partial charge in [-0.05, 0) is 13.8 Å². The van der Waals surface area contributed by atoms with E-state index in [0.717, 1.165) is 5.57 Å². The minimum atomic E-state index is -0.825. The smallest absolute Gasteiger partial charge is 0.304 e. The molecular weight excluding hydrogens is 226 g/mol. The van der Waals surface area contributed by atoms with E-state index in [1.807, 2.05) is 13.8 Å². The standard InChI is InChI=1S/C11H19NO3S/c1-4-12(7-9(2)3)10(13)8-16-6-5-11(14)15/h2,4-8H2,1,3H3,(H,14,15). The van der Waals surface area contributed by atoms with E-state index in [1.165, 1.54) is 11.8 Å². The van der Waals surface area contributed by atoms with Crippen molar-refractivity contribution in [2.75, 3.05) is 24.6 Å². The van der Waals surface area contributed by atoms with Crippen LogP contribution in [-0.4, -0.2) is 46.5 Å². The fourth-order valence-corrected chi connectivity index (χ4v) is 1.93. The second kappa shape index (κ2) is 8.21. The van der Waals surface area contributed by atoms with Gasteiger partial charge in [0.15, 0.2) is 0 Å². The molecule has 92 valence electrons. The third-order valence-corrected chi connectivity index (χ3v) is 2.82. The maximum absolute atomic E-state index is 11.7. The predicted molar refractivity (Wildman–Crippen MR) is 66.6 cm³/mol. The predicted octanol–water partition coefficient (Wildman–Crippen LogP) is 1.62. The lowest BCUT2D eigenvalue weighted by molar-refractivity contribution is -0.136. The van der Waals surface area contributed by atoms with E-state index in [1.54, 1.807) is 4.90 Å². The van der Waals surface area contributed by atoms with Gasteiger partial charge in [-0.3, -0.25) is 9.59 Å². The Morgan fingerprint density at radius 1 is 1.44 bits per heavy atom. The fraction of sp³-hybridized carbons (Fsp3) is 0.636. The highest BCUT2D eigenvalue weighted by Crippen LogP contribution is 2.06. The summed E-state index contributed by atoms with van der Waals surface area (Å²) in [5.41, 5.74) is 0.950. The van der Waals surface area contributed by atoms with Crippen LogP contribution in [0.1, 0.15) is 20.3 Å². The Balaban J connectivity index is 3.84. The van der Waals surface area contributed by atoms with Gasteiger partial charge in [-0.2, -0.15) is 11.8 Å². The lowest BCUT2D eigenvalue weighted by atomic mass is 10.3. The highest BCUT2D eigenvalue weighted by Gasteiger charge is 2.11. The normalized spacial score (nSPS) is 9.88. The zero-order valence-corrected chi connectivity index (χ0v) is 10.7. The van der Waals surface area contributed by atoms with Crippen molar-refractivity contribution in [3.05, 3.63) is 12.2 Å². The van der Waals surface area contributed by atoms with Gasteiger partial charge in [0.25, 0.3) is 0 Å². The number of likely N-dealkylation sites (N-methyl/N-ethyl adjacent to an activating group) is 1. The van der Waals surface area contributed by atoms with Gasteiger partial charge in [-0.25, -0.2) is 0 Å². The van der Waals surface area contributed by atoms with Crippen molar-refractivity contribution in [2.24, 2.45) is 0 Å². The summed E-state index contributed by atoms with van der Waals surface area (Å²) in [5.74, 6) is 0.0372. The van der Waals surface area contributed by atoms with Gasteiger partial charge < -0.3 is 10.0 Å². The number of carboxylic acid groups (broad SMARTS) is 1. The monoisotopic (exact) mass is 245 g/mol. The molecule has 16 heavy (non-hydrogen) atoms. The molecule has 0 aliphatic carbocycles. The zero-order chi connectivity index (χ0) is 12.6. The molecule has 0 fully saturated rings. The molecule has 0 rings (SSSR count). The number of hydrogen-bond acceptors (Lipinski definition) is 3. The summed E-state index contributed by atoms with van der Waals surface area (Å²) in [6, 6.07) is 0. The number of hydrogen-bond donors (Lipinski definition) is 1. The third-order valence-electron chi connectivity index (χ3n) is 1.88. The van der Waals surface area contributed by atoms with Crippen LogP contribution in [0.25, 0.3) is 0 Å². The molecule has 0 heterocycles. The van der Waals surface area contributed by atoms with Gasteiger partial charge in [0, 0.05) is 18.8 Å². The topological polar surface area (TPSA) is 57.6 Å². The molecule has 0 unspecified atom stereocenters. The van der Waals surface area contributed by atoms with Gasteiger partial charge in [-0.1, -0.05) is 12.2 Å². The SMILES string of the molecule is C=C(C)CN(CC)C(=O)CSCCC(=O)O. The summed E-state index contributed by atoms with van der Waals surface area (Å²) in [4.78, 5) is 23.6. The molecule has 5 heteroatoms. The average Bonchev–Trinajstić information content (AvgIpc) is 2.20. The van der Waals surface area contributed by atoms with Crippen molar-refractivity contribution in [2.45, 2.75) is 20.3 Å². The van der Waals surface area contributed by atoms with E-state index < -0.39 is 5.97 Å². The van der Waals surface area contributed by atoms with Crippen molar-refractivity contribution in [1.82, 2.24) is 4.90 Å². The molecule has 0 spiro atoms. The first-order valence-corrected chi connectivity index (χ1v) is 6.34. The van der Waals surface area contributed by atoms with Crippen LogP contribution < -0.4 is 0 Å². The molecule has 0 aromatic carbocycles. The molecule has 0 aliphatic heterocycles. The summed E-state index contributed by atoms with van der Waals surface area (Å²) in [6.07, 6.45) is 0.102. The van der Waals surface area contributed by atoms with Crippen molar-refractivity contribution < 1.29 is 14.7 Å². The Morgan fingerprint density at radius 3 is 2.50 bits per heavy atom. The van der Waals surface area contributed by atoms with Gasteiger partial charge in [-0.15, -0.1) is 0 Å². The van der Waals surface area contributed by atoms with E-state index >= 15 is 0 Å². The number of carbonyl (C=O) groups excluding carboxylic acids is 1. The molecule has 0 saturated carbocycles. The molecule has 0 radical (unpaired) electrons. The summed E-state index contributed by atoms with van der Waals surface area (Å²) in [5, 5.41) is 8.43. The van der Waals surface area contributed by atoms with Gasteiger partial charge >= 0.3 is 5.97 Å². The van der Waals surface area contributed by atoms with Crippen LogP contribution in [0, 0.1) is 0 Å². The summed E-state index contributed by atoms with van der Waals surface area (Å²) in [6.45, 7) is 8.80. The van der Waals surface area contributed by atoms with Gasteiger partial charge in [0.1, 0.15) is 0 Å². The van der Waals surface area contributed by atoms with E-state index in [2.05, 4.69) is 6.58 Å². The molecule has 1 amide bonds. The summed E-state index contributed by atoms with van der Waals surface area (Å²) < 4.78 is 0. The van der Waals surface area contributed by atoms with Crippen LogP contribution in [0.4, 0.5) is 0 Å². The Hall–Kier alpha value is -0.970. The van der Waals surface area contributed by atoms with Crippen LogP contribution in [0.15, 0.2) is 12.2 Å². The Labute approximate surface area is 101 Å². The molecule has 0 aromatic rings. The van der Waals surface area contributed by atoms with Crippen LogP contribution in [0.5, 0.6) is 0 Å². The Bertz CT molecular complexity index is 266. The largest absolute Gasteiger partial charge is 0.481 e. The number of nitrogens with zero attached hydrogens (tertiary/aromatic N) is 1. The minimum absolute atomic E-state index is 0.0425. The lowest BCUT2D eigenvalue weighted by Gasteiger charge is -2.20. The highest BCUT2D eigenvalue weighted by molar-refractivity contribution is 7.99. The first-order chi connectivity index (χ1) is 7.47. The van der Waals surface area contributed by atoms with E-state index in [9.17, 15) is 9.59 Å². The first kappa shape index (κ1) is 15.0. The van der Waals surface area contributed by atoms with Crippen LogP contribution in [0.3, 0.4) is 0 Å². The van der Waals surface area contributed by atoms with Crippen molar-refractivity contribution in [3.8, 4) is 0 Å². The van der Waals surface area contributed by atoms with Crippen molar-refractivity contribution in [1.29, 1.82) is 0 Å². The molecule has 1 N–H and O–H groups in total. The summed E-state index contributed by atoms with van der Waals surface area (Å²) in [7, 11) is 0. The zero-order valence-electron chi connectivity index (χ0n) is 9.86. The maximum atomic E-state index is 11.7. The van der Waals surface area contributed by atoms with Crippen molar-refractivity contribution in [3.63, 3.8) is 0 Å². The van der Waals surface area contributed by atoms with Crippen molar-refractivity contribution >= 4 is 23.6 Å². The maximum Gasteiger partial charge on any atom is 0.304 e. The number of amides is 1. The minimum Gasteiger partial charge on any atom is -0.481 e. The molecule has 4 nitrogen and oxygen atoms in total. The van der Waals surface area contributed by atoms with Crippen LogP contribution in [-0.2, 0) is 9.59 Å². The molecule has 0 aliphatic rings. The quantitative estimate of drug-likeness (QED) is 0.521. The lowest BCUT2D eigenvalue weighted by Crippen LogP contribution is -2.33. The number of rotatable bonds is 8. The molecule has 0 aromatic heterocycles. The molecule has 0 bridgehead atoms. The van der Waals surface area contributed by atoms with E-state index in [4.69, 9.17) is 5.11 Å². The van der Waals surface area contributed by atoms with Crippen LogP contribution in [0.2, 0.25) is 0 Å². The second-order valence-electron chi connectivity index (χ2n) is 3.56. The number of aliphatic carboxylic acids is 1. The Morgan fingerprint density at radius 2 is 2.06 bits per heavy atom. The first-order valence-electron chi connectivity index (χ1n) is 5.19. The summed E-state index contributed by atoms with van der Waals surface area (Å²) >= 11 is 1.36. The molecular formula is C11H19NO3S. The molecule has 0 atom stereocenters. The average molecular weight is 245 g/mol.